The molecule has 1 saturated heterocycles. The van der Waals surface area contributed by atoms with Crippen LogP contribution in [0.3, 0.4) is 0 Å². The molecule has 0 amide bonds. The lowest BCUT2D eigenvalue weighted by molar-refractivity contribution is -0.0708. The predicted molar refractivity (Wildman–Crippen MR) is 130 cm³/mol. The van der Waals surface area contributed by atoms with Crippen LogP contribution in [0.15, 0.2) is 18.2 Å². The second-order valence-electron chi connectivity index (χ2n) is 9.91. The molecule has 1 heterocycles. The number of unbranched alkanes of at least 4 members (excludes halogenated alkanes) is 1. The zero-order chi connectivity index (χ0) is 23.0. The van der Waals surface area contributed by atoms with Crippen molar-refractivity contribution in [3.8, 4) is 0 Å². The highest BCUT2D eigenvalue weighted by molar-refractivity contribution is 6.30. The molecule has 0 radical (unpaired) electrons. The molecule has 32 heavy (non-hydrogen) atoms. The summed E-state index contributed by atoms with van der Waals surface area (Å²) in [6.07, 6.45) is 10.7. The number of benzene rings is 1. The summed E-state index contributed by atoms with van der Waals surface area (Å²) < 4.78 is 20.3. The monoisotopic (exact) mass is 468 g/mol. The maximum Gasteiger partial charge on any atom is 0.147 e. The van der Waals surface area contributed by atoms with E-state index in [9.17, 15) is 5.11 Å². The molecule has 1 aromatic rings. The smallest absolute Gasteiger partial charge is 0.147 e. The first-order valence-corrected chi connectivity index (χ1v) is 12.9. The molecule has 2 aliphatic rings. The molecule has 0 spiro atoms. The second kappa shape index (κ2) is 12.7. The van der Waals surface area contributed by atoms with Gasteiger partial charge in [-0.2, -0.15) is 0 Å². The highest BCUT2D eigenvalue weighted by atomic mass is 35.5. The summed E-state index contributed by atoms with van der Waals surface area (Å²) in [5, 5.41) is 15.5. The minimum atomic E-state index is -1.22. The highest BCUT2D eigenvalue weighted by Gasteiger charge is 2.43. The second-order valence-corrected chi connectivity index (χ2v) is 10.3. The van der Waals surface area contributed by atoms with Crippen LogP contribution in [0.25, 0.3) is 0 Å². The summed E-state index contributed by atoms with van der Waals surface area (Å²) in [5.74, 6) is 0.319. The number of hydrogen-bond donors (Lipinski definition) is 2. The average Bonchev–Trinajstić information content (AvgIpc) is 3.31. The first-order chi connectivity index (χ1) is 15.5. The molecular formula is C26H42ClFN2O2. The summed E-state index contributed by atoms with van der Waals surface area (Å²) in [5.41, 5.74) is -0.867. The van der Waals surface area contributed by atoms with Crippen molar-refractivity contribution in [2.24, 2.45) is 11.8 Å². The van der Waals surface area contributed by atoms with Crippen molar-refractivity contribution < 1.29 is 14.2 Å². The van der Waals surface area contributed by atoms with Crippen molar-refractivity contribution in [1.29, 1.82) is 0 Å². The Bertz CT molecular complexity index is 700. The largest absolute Gasteiger partial charge is 0.385 e. The van der Waals surface area contributed by atoms with Crippen LogP contribution in [0, 0.1) is 17.7 Å². The van der Waals surface area contributed by atoms with Crippen LogP contribution < -0.4 is 5.32 Å². The Hall–Kier alpha value is -0.720. The van der Waals surface area contributed by atoms with Gasteiger partial charge in [0.05, 0.1) is 10.6 Å². The number of piperidine rings is 1. The van der Waals surface area contributed by atoms with Crippen LogP contribution in [0.5, 0.6) is 0 Å². The lowest BCUT2D eigenvalue weighted by Gasteiger charge is -2.46. The molecular weight excluding hydrogens is 427 g/mol. The van der Waals surface area contributed by atoms with Crippen molar-refractivity contribution in [2.45, 2.75) is 75.9 Å². The van der Waals surface area contributed by atoms with Crippen molar-refractivity contribution in [1.82, 2.24) is 10.2 Å². The average molecular weight is 469 g/mol. The maximum absolute atomic E-state index is 15.1. The lowest BCUT2D eigenvalue weighted by Crippen LogP contribution is -2.52. The van der Waals surface area contributed by atoms with E-state index in [1.165, 1.54) is 32.1 Å². The molecule has 1 aliphatic heterocycles. The number of halogens is 2. The van der Waals surface area contributed by atoms with Crippen LogP contribution in [0.1, 0.15) is 69.8 Å². The number of ether oxygens (including phenoxy) is 1. The van der Waals surface area contributed by atoms with E-state index in [4.69, 9.17) is 16.3 Å². The predicted octanol–water partition coefficient (Wildman–Crippen LogP) is 5.36. The number of likely N-dealkylation sites (tertiary alicyclic amines) is 1. The fraction of sp³-hybridized carbons (Fsp3) is 0.769. The van der Waals surface area contributed by atoms with Gasteiger partial charge in [-0.3, -0.25) is 4.90 Å². The van der Waals surface area contributed by atoms with Crippen LogP contribution in [0.2, 0.25) is 5.02 Å². The molecule has 0 aromatic heterocycles. The van der Waals surface area contributed by atoms with E-state index in [2.05, 4.69) is 10.2 Å². The number of nitrogens with one attached hydrogen (secondary N) is 1. The van der Waals surface area contributed by atoms with Gasteiger partial charge in [-0.25, -0.2) is 4.39 Å². The van der Waals surface area contributed by atoms with Gasteiger partial charge in [0.25, 0.3) is 0 Å². The fourth-order valence-electron chi connectivity index (χ4n) is 5.99. The van der Waals surface area contributed by atoms with Gasteiger partial charge >= 0.3 is 0 Å². The summed E-state index contributed by atoms with van der Waals surface area (Å²) >= 11 is 6.13. The highest BCUT2D eigenvalue weighted by Crippen LogP contribution is 2.42. The van der Waals surface area contributed by atoms with Crippen molar-refractivity contribution in [2.75, 3.05) is 40.4 Å². The first kappa shape index (κ1) is 25.9. The molecule has 3 unspecified atom stereocenters. The quantitative estimate of drug-likeness (QED) is 0.405. The Morgan fingerprint density at radius 3 is 2.75 bits per heavy atom. The molecule has 2 N–H and O–H groups in total. The molecule has 1 aromatic carbocycles. The van der Waals surface area contributed by atoms with Gasteiger partial charge < -0.3 is 15.2 Å². The third-order valence-electron chi connectivity index (χ3n) is 7.74. The van der Waals surface area contributed by atoms with E-state index in [1.54, 1.807) is 25.3 Å². The van der Waals surface area contributed by atoms with Crippen molar-refractivity contribution in [3.05, 3.63) is 34.6 Å². The van der Waals surface area contributed by atoms with Gasteiger partial charge in [-0.1, -0.05) is 49.4 Å². The zero-order valence-electron chi connectivity index (χ0n) is 19.9. The summed E-state index contributed by atoms with van der Waals surface area (Å²) in [6.45, 7) is 3.46. The first-order valence-electron chi connectivity index (χ1n) is 12.5. The lowest BCUT2D eigenvalue weighted by atomic mass is 9.73. The van der Waals surface area contributed by atoms with E-state index in [0.717, 1.165) is 51.2 Å². The van der Waals surface area contributed by atoms with Gasteiger partial charge in [0, 0.05) is 44.3 Å². The Balaban J connectivity index is 1.80. The third kappa shape index (κ3) is 6.44. The Labute approximate surface area is 198 Å². The molecule has 182 valence electrons. The number of aliphatic hydroxyl groups is 1. The molecule has 1 aliphatic carbocycles. The van der Waals surface area contributed by atoms with Gasteiger partial charge in [-0.15, -0.1) is 0 Å². The Kier molecular flexibility index (Phi) is 10.2. The molecule has 4 nitrogen and oxygen atoms in total. The molecule has 3 rings (SSSR count). The molecule has 1 saturated carbocycles. The van der Waals surface area contributed by atoms with E-state index in [1.807, 2.05) is 7.05 Å². The number of rotatable bonds is 12. The summed E-state index contributed by atoms with van der Waals surface area (Å²) in [4.78, 5) is 2.56. The molecule has 0 bridgehead atoms. The van der Waals surface area contributed by atoms with Gasteiger partial charge in [0.1, 0.15) is 5.82 Å². The number of hydrogen-bond acceptors (Lipinski definition) is 4. The SMILES string of the molecule is CNCC(CC1CCCC1)N1CCCC(C(O)(CCCCOC)c2cccc(Cl)c2F)C1. The molecule has 6 heteroatoms. The normalized spacial score (nSPS) is 23.3. The van der Waals surface area contributed by atoms with Crippen molar-refractivity contribution in [3.63, 3.8) is 0 Å². The Morgan fingerprint density at radius 2 is 2.03 bits per heavy atom. The standard InChI is InChI=1S/C26H42ClFN2O2/c1-29-18-22(17-20-9-3-4-10-20)30-15-8-11-21(19-30)26(31,14-5-6-16-32-2)23-12-7-13-24(27)25(23)28/h7,12-13,20-22,29,31H,3-6,8-11,14-19H2,1-2H3. The topological polar surface area (TPSA) is 44.7 Å². The van der Waals surface area contributed by atoms with Crippen LogP contribution in [-0.4, -0.2) is 56.4 Å². The van der Waals surface area contributed by atoms with Crippen LogP contribution >= 0.6 is 11.6 Å². The molecule has 2 fully saturated rings. The maximum atomic E-state index is 15.1. The minimum absolute atomic E-state index is 0.0188. The minimum Gasteiger partial charge on any atom is -0.385 e. The van der Waals surface area contributed by atoms with Gasteiger partial charge in [0.2, 0.25) is 0 Å². The third-order valence-corrected chi connectivity index (χ3v) is 8.03. The van der Waals surface area contributed by atoms with Crippen molar-refractivity contribution >= 4 is 11.6 Å². The van der Waals surface area contributed by atoms with Crippen LogP contribution in [-0.2, 0) is 10.3 Å². The zero-order valence-corrected chi connectivity index (χ0v) is 20.7. The summed E-state index contributed by atoms with van der Waals surface area (Å²) in [6, 6.07) is 5.50. The molecule has 3 atom stereocenters. The van der Waals surface area contributed by atoms with E-state index < -0.39 is 11.4 Å². The number of methoxy groups -OCH3 is 1. The Morgan fingerprint density at radius 1 is 1.25 bits per heavy atom. The number of nitrogens with zero attached hydrogens (tertiary/aromatic N) is 1. The van der Waals surface area contributed by atoms with E-state index in [-0.39, 0.29) is 10.9 Å². The fourth-order valence-corrected chi connectivity index (χ4v) is 6.17. The van der Waals surface area contributed by atoms with Crippen LogP contribution in [0.4, 0.5) is 4.39 Å². The van der Waals surface area contributed by atoms with E-state index >= 15 is 4.39 Å². The summed E-state index contributed by atoms with van der Waals surface area (Å²) in [7, 11) is 3.71. The van der Waals surface area contributed by atoms with Gasteiger partial charge in [-0.05, 0) is 64.1 Å². The van der Waals surface area contributed by atoms with E-state index in [0.29, 0.717) is 24.6 Å². The number of likely N-dealkylation sites (N-methyl/N-ethyl adjacent to an activating group) is 1. The van der Waals surface area contributed by atoms with Gasteiger partial charge in [0.15, 0.2) is 0 Å².